The molecule has 13 heteroatoms. The lowest BCUT2D eigenvalue weighted by Gasteiger charge is -2.14. The molecule has 2 aromatic carbocycles. The van der Waals surface area contributed by atoms with Crippen LogP contribution in [0.15, 0.2) is 66.7 Å². The summed E-state index contributed by atoms with van der Waals surface area (Å²) in [5, 5.41) is 8.40. The number of nitriles is 1. The topological polar surface area (TPSA) is 140 Å². The molecule has 0 spiro atoms. The third-order valence-corrected chi connectivity index (χ3v) is 10.5. The molecule has 3 heterocycles. The minimum absolute atomic E-state index is 0.0185. The Labute approximate surface area is 275 Å². The number of halogens is 2. The van der Waals surface area contributed by atoms with Gasteiger partial charge >= 0.3 is 0 Å². The Kier molecular flexibility index (Phi) is 7.91. The summed E-state index contributed by atoms with van der Waals surface area (Å²) in [6.45, 7) is 2.62. The molecule has 0 bridgehead atoms. The van der Waals surface area contributed by atoms with E-state index < -0.39 is 32.8 Å². The van der Waals surface area contributed by atoms with Crippen molar-refractivity contribution in [3.8, 4) is 23.2 Å². The maximum atomic E-state index is 15.6. The molecule has 2 aliphatic carbocycles. The molecule has 1 amide bonds. The number of hydrogen-bond acceptors (Lipinski definition) is 8. The van der Waals surface area contributed by atoms with E-state index in [2.05, 4.69) is 21.6 Å². The fourth-order valence-corrected chi connectivity index (χ4v) is 6.72. The van der Waals surface area contributed by atoms with Crippen LogP contribution in [-0.2, 0) is 29.6 Å². The van der Waals surface area contributed by atoms with Crippen molar-refractivity contribution in [1.82, 2.24) is 24.2 Å². The number of ether oxygens (including phenoxy) is 1. The van der Waals surface area contributed by atoms with E-state index in [-0.39, 0.29) is 41.1 Å². The Morgan fingerprint density at radius 3 is 2.50 bits per heavy atom. The first-order valence-corrected chi connectivity index (χ1v) is 17.0. The van der Waals surface area contributed by atoms with Gasteiger partial charge in [0.05, 0.1) is 22.6 Å². The van der Waals surface area contributed by atoms with Crippen LogP contribution in [0.3, 0.4) is 0 Å². The van der Waals surface area contributed by atoms with Crippen LogP contribution in [0.25, 0.3) is 22.4 Å². The van der Waals surface area contributed by atoms with Gasteiger partial charge in [-0.2, -0.15) is 5.26 Å². The lowest BCUT2D eigenvalue weighted by molar-refractivity contribution is 0.0976. The van der Waals surface area contributed by atoms with E-state index >= 15 is 4.39 Å². The standard InChI is InChI=1S/C35H30F2N6O4S/c1-35(13-14-35)20-43-31(39-29-11-12-30(41-33(29)43)34(44)42-48(45,46)25-9-10-25)17-22-7-8-23(16-27(22)37)28-3-2-4-32(40-28)47-19-24-6-5-21(18-38)15-26(24)36/h2-8,11-12,15-16,25H,9-10,13-14,17,19-20H2,1H3,(H,42,44). The van der Waals surface area contributed by atoms with E-state index in [1.165, 1.54) is 24.3 Å². The molecule has 3 aromatic heterocycles. The number of nitrogens with one attached hydrogen (secondary N) is 1. The van der Waals surface area contributed by atoms with Gasteiger partial charge in [-0.25, -0.2) is 36.9 Å². The predicted octanol–water partition coefficient (Wildman–Crippen LogP) is 5.84. The maximum Gasteiger partial charge on any atom is 0.283 e. The summed E-state index contributed by atoms with van der Waals surface area (Å²) in [6, 6.07) is 19.0. The van der Waals surface area contributed by atoms with E-state index in [1.54, 1.807) is 36.4 Å². The van der Waals surface area contributed by atoms with Crippen molar-refractivity contribution in [2.45, 2.75) is 57.4 Å². The molecule has 0 unspecified atom stereocenters. The first-order valence-electron chi connectivity index (χ1n) is 15.5. The van der Waals surface area contributed by atoms with Crippen LogP contribution in [0.5, 0.6) is 5.88 Å². The van der Waals surface area contributed by atoms with Crippen LogP contribution < -0.4 is 9.46 Å². The van der Waals surface area contributed by atoms with Crippen molar-refractivity contribution in [1.29, 1.82) is 5.26 Å². The molecule has 0 aliphatic heterocycles. The van der Waals surface area contributed by atoms with Gasteiger partial charge in [0.1, 0.15) is 35.3 Å². The highest BCUT2D eigenvalue weighted by atomic mass is 32.2. The summed E-state index contributed by atoms with van der Waals surface area (Å²) >= 11 is 0. The highest BCUT2D eigenvalue weighted by Gasteiger charge is 2.39. The summed E-state index contributed by atoms with van der Waals surface area (Å²) in [7, 11) is -3.74. The van der Waals surface area contributed by atoms with E-state index in [9.17, 15) is 17.6 Å². The molecule has 2 saturated carbocycles. The third-order valence-electron chi connectivity index (χ3n) is 8.72. The predicted molar refractivity (Wildman–Crippen MR) is 172 cm³/mol. The fourth-order valence-electron chi connectivity index (χ4n) is 5.43. The zero-order valence-electron chi connectivity index (χ0n) is 25.9. The van der Waals surface area contributed by atoms with Gasteiger partial charge in [-0.3, -0.25) is 4.79 Å². The summed E-state index contributed by atoms with van der Waals surface area (Å²) < 4.78 is 64.3. The van der Waals surface area contributed by atoms with Crippen molar-refractivity contribution in [2.75, 3.05) is 0 Å². The minimum atomic E-state index is -3.74. The van der Waals surface area contributed by atoms with E-state index in [4.69, 9.17) is 15.0 Å². The Morgan fingerprint density at radius 1 is 1.02 bits per heavy atom. The van der Waals surface area contributed by atoms with Gasteiger partial charge < -0.3 is 9.30 Å². The summed E-state index contributed by atoms with van der Waals surface area (Å²) in [5.74, 6) is -1.00. The van der Waals surface area contributed by atoms with Crippen LogP contribution in [0.1, 0.15) is 65.6 Å². The molecule has 1 N–H and O–H groups in total. The normalized spacial score (nSPS) is 15.2. The van der Waals surface area contributed by atoms with E-state index in [0.717, 1.165) is 18.9 Å². The number of nitrogens with zero attached hydrogens (tertiary/aromatic N) is 5. The van der Waals surface area contributed by atoms with Crippen molar-refractivity contribution < 1.29 is 26.7 Å². The number of imidazole rings is 1. The van der Waals surface area contributed by atoms with Gasteiger partial charge in [-0.1, -0.05) is 31.2 Å². The molecule has 5 aromatic rings. The molecule has 2 fully saturated rings. The summed E-state index contributed by atoms with van der Waals surface area (Å²) in [6.07, 6.45) is 3.23. The molecular formula is C35H30F2N6O4S. The Balaban J connectivity index is 1.12. The number of benzene rings is 2. The molecule has 0 atom stereocenters. The Bertz CT molecular complexity index is 2240. The summed E-state index contributed by atoms with van der Waals surface area (Å²) in [4.78, 5) is 26.6. The monoisotopic (exact) mass is 668 g/mol. The minimum Gasteiger partial charge on any atom is -0.473 e. The number of amides is 1. The van der Waals surface area contributed by atoms with Crippen molar-refractivity contribution >= 4 is 27.1 Å². The fraction of sp³-hybridized carbons (Fsp3) is 0.286. The van der Waals surface area contributed by atoms with Crippen molar-refractivity contribution in [3.05, 3.63) is 107 Å². The first kappa shape index (κ1) is 31.4. The molecule has 244 valence electrons. The lowest BCUT2D eigenvalue weighted by Crippen LogP contribution is -2.33. The van der Waals surface area contributed by atoms with Gasteiger partial charge in [-0.05, 0) is 73.1 Å². The largest absolute Gasteiger partial charge is 0.473 e. The van der Waals surface area contributed by atoms with Crippen LogP contribution in [0, 0.1) is 28.4 Å². The summed E-state index contributed by atoms with van der Waals surface area (Å²) in [5.41, 5.74) is 2.81. The van der Waals surface area contributed by atoms with Crippen LogP contribution in [-0.4, -0.2) is 39.1 Å². The smallest absolute Gasteiger partial charge is 0.283 e. The molecule has 48 heavy (non-hydrogen) atoms. The molecule has 0 radical (unpaired) electrons. The number of fused-ring (bicyclic) bond motifs is 1. The maximum absolute atomic E-state index is 15.6. The van der Waals surface area contributed by atoms with Gasteiger partial charge in [0.25, 0.3) is 5.91 Å². The van der Waals surface area contributed by atoms with Crippen LogP contribution >= 0.6 is 0 Å². The highest BCUT2D eigenvalue weighted by Crippen LogP contribution is 2.47. The zero-order valence-corrected chi connectivity index (χ0v) is 26.7. The van der Waals surface area contributed by atoms with Gasteiger partial charge in [0.15, 0.2) is 5.65 Å². The second kappa shape index (κ2) is 12.1. The number of hydrogen-bond donors (Lipinski definition) is 1. The van der Waals surface area contributed by atoms with Gasteiger partial charge in [-0.15, -0.1) is 0 Å². The Hall–Kier alpha value is -5.22. The second-order valence-electron chi connectivity index (χ2n) is 12.7. The van der Waals surface area contributed by atoms with Gasteiger partial charge in [0.2, 0.25) is 15.9 Å². The molecule has 2 aliphatic rings. The number of sulfonamides is 1. The molecule has 0 saturated heterocycles. The molecule has 10 nitrogen and oxygen atoms in total. The second-order valence-corrected chi connectivity index (χ2v) is 14.7. The average Bonchev–Trinajstić information content (AvgIpc) is 4.01. The quantitative estimate of drug-likeness (QED) is 0.185. The van der Waals surface area contributed by atoms with E-state index in [0.29, 0.717) is 53.2 Å². The average molecular weight is 669 g/mol. The number of rotatable bonds is 11. The Morgan fingerprint density at radius 2 is 1.79 bits per heavy atom. The highest BCUT2D eigenvalue weighted by molar-refractivity contribution is 7.91. The third kappa shape index (κ3) is 6.61. The first-order chi connectivity index (χ1) is 23.0. The van der Waals surface area contributed by atoms with Crippen LogP contribution in [0.4, 0.5) is 8.78 Å². The number of aromatic nitrogens is 4. The SMILES string of the molecule is CC1(Cn2c(Cc3ccc(-c4cccc(OCc5ccc(C#N)cc5F)n4)cc3F)nc3ccc(C(=O)NS(=O)(=O)C4CC4)nc32)CC1. The number of carbonyl (C=O) groups is 1. The molecule has 7 rings (SSSR count). The molecular weight excluding hydrogens is 638 g/mol. The lowest BCUT2D eigenvalue weighted by atomic mass is 10.0. The zero-order chi connectivity index (χ0) is 33.6. The number of carbonyl (C=O) groups excluding carboxylic acids is 1. The van der Waals surface area contributed by atoms with Crippen LogP contribution in [0.2, 0.25) is 0 Å². The van der Waals surface area contributed by atoms with Crippen molar-refractivity contribution in [3.63, 3.8) is 0 Å². The number of pyridine rings is 2. The van der Waals surface area contributed by atoms with E-state index in [1.807, 2.05) is 10.6 Å². The van der Waals surface area contributed by atoms with Crippen molar-refractivity contribution in [2.24, 2.45) is 5.41 Å². The van der Waals surface area contributed by atoms with Gasteiger partial charge in [0, 0.05) is 30.2 Å².